The van der Waals surface area contributed by atoms with Crippen LogP contribution >= 0.6 is 0 Å². The highest BCUT2D eigenvalue weighted by Crippen LogP contribution is 2.25. The van der Waals surface area contributed by atoms with Gasteiger partial charge in [0.15, 0.2) is 11.6 Å². The van der Waals surface area contributed by atoms with Crippen molar-refractivity contribution in [1.82, 2.24) is 10.3 Å². The highest BCUT2D eigenvalue weighted by Gasteiger charge is 2.20. The number of amides is 1. The molecule has 2 aromatic rings. The molecule has 0 saturated heterocycles. The number of carbonyl (C=O) groups excluding carboxylic acids is 1. The molecule has 0 atom stereocenters. The molecule has 1 aliphatic heterocycles. The number of anilines is 1. The number of nitrogens with zero attached hydrogens (tertiary/aromatic N) is 2. The Balaban J connectivity index is 1.68. The lowest BCUT2D eigenvalue weighted by Gasteiger charge is -2.30. The van der Waals surface area contributed by atoms with E-state index in [1.807, 2.05) is 4.90 Å². The number of ether oxygens (including phenoxy) is 1. The van der Waals surface area contributed by atoms with E-state index in [1.54, 1.807) is 19.2 Å². The van der Waals surface area contributed by atoms with Gasteiger partial charge in [-0.15, -0.1) is 0 Å². The summed E-state index contributed by atoms with van der Waals surface area (Å²) in [7, 11) is 1.57. The maximum atomic E-state index is 13.4. The lowest BCUT2D eigenvalue weighted by atomic mass is 9.99. The third-order valence-electron chi connectivity index (χ3n) is 4.18. The number of aromatic nitrogens is 1. The molecule has 0 saturated carbocycles. The van der Waals surface area contributed by atoms with Gasteiger partial charge in [0.05, 0.1) is 12.2 Å². The second-order valence-corrected chi connectivity index (χ2v) is 5.86. The predicted octanol–water partition coefficient (Wildman–Crippen LogP) is 2.30. The molecule has 1 amide bonds. The summed E-state index contributed by atoms with van der Waals surface area (Å²) >= 11 is 0. The molecule has 0 aliphatic carbocycles. The zero-order valence-corrected chi connectivity index (χ0v) is 13.9. The Hall–Kier alpha value is -2.54. The van der Waals surface area contributed by atoms with E-state index < -0.39 is 11.6 Å². The van der Waals surface area contributed by atoms with E-state index in [2.05, 4.69) is 10.3 Å². The Morgan fingerprint density at radius 2 is 2.04 bits per heavy atom. The van der Waals surface area contributed by atoms with Crippen molar-refractivity contribution in [2.45, 2.75) is 13.0 Å². The number of rotatable bonds is 5. The summed E-state index contributed by atoms with van der Waals surface area (Å²) in [6.45, 7) is 1.99. The molecule has 25 heavy (non-hydrogen) atoms. The topological polar surface area (TPSA) is 54.5 Å². The van der Waals surface area contributed by atoms with Gasteiger partial charge < -0.3 is 15.0 Å². The molecule has 7 heteroatoms. The fourth-order valence-corrected chi connectivity index (χ4v) is 2.82. The van der Waals surface area contributed by atoms with Crippen LogP contribution in [0.4, 0.5) is 14.6 Å². The van der Waals surface area contributed by atoms with Gasteiger partial charge in [-0.1, -0.05) is 0 Å². The lowest BCUT2D eigenvalue weighted by molar-refractivity contribution is 0.0937. The van der Waals surface area contributed by atoms with Crippen LogP contribution in [-0.4, -0.2) is 37.7 Å². The van der Waals surface area contributed by atoms with E-state index in [0.717, 1.165) is 11.1 Å². The average molecular weight is 347 g/mol. The number of carbonyl (C=O) groups is 1. The van der Waals surface area contributed by atoms with Gasteiger partial charge in [0.25, 0.3) is 5.91 Å². The second-order valence-electron chi connectivity index (χ2n) is 5.86. The predicted molar refractivity (Wildman–Crippen MR) is 89.6 cm³/mol. The highest BCUT2D eigenvalue weighted by molar-refractivity contribution is 5.94. The Morgan fingerprint density at radius 1 is 1.28 bits per heavy atom. The van der Waals surface area contributed by atoms with Crippen LogP contribution in [0.5, 0.6) is 0 Å². The van der Waals surface area contributed by atoms with Crippen LogP contribution in [0.2, 0.25) is 0 Å². The summed E-state index contributed by atoms with van der Waals surface area (Å²) in [5, 5.41) is 2.73. The van der Waals surface area contributed by atoms with Gasteiger partial charge in [-0.2, -0.15) is 0 Å². The van der Waals surface area contributed by atoms with Crippen molar-refractivity contribution in [2.24, 2.45) is 0 Å². The molecule has 0 spiro atoms. The number of halogens is 2. The van der Waals surface area contributed by atoms with Crippen molar-refractivity contribution in [2.75, 3.05) is 31.7 Å². The fourth-order valence-electron chi connectivity index (χ4n) is 2.82. The molecule has 132 valence electrons. The van der Waals surface area contributed by atoms with Gasteiger partial charge >= 0.3 is 0 Å². The first-order valence-corrected chi connectivity index (χ1v) is 8.03. The number of benzene rings is 1. The summed E-state index contributed by atoms with van der Waals surface area (Å²) < 4.78 is 31.6. The molecule has 1 aromatic carbocycles. The summed E-state index contributed by atoms with van der Waals surface area (Å²) in [6, 6.07) is 5.97. The maximum absolute atomic E-state index is 13.4. The Bertz CT molecular complexity index is 766. The Morgan fingerprint density at radius 3 is 2.72 bits per heavy atom. The second kappa shape index (κ2) is 7.57. The lowest BCUT2D eigenvalue weighted by Crippen LogP contribution is -2.31. The van der Waals surface area contributed by atoms with Crippen LogP contribution in [0.15, 0.2) is 30.5 Å². The fraction of sp³-hybridized carbons (Fsp3) is 0.333. The van der Waals surface area contributed by atoms with E-state index in [9.17, 15) is 13.6 Å². The summed E-state index contributed by atoms with van der Waals surface area (Å²) in [6.07, 6.45) is 2.13. The van der Waals surface area contributed by atoms with Crippen molar-refractivity contribution in [3.8, 4) is 0 Å². The molecule has 0 fully saturated rings. The van der Waals surface area contributed by atoms with Gasteiger partial charge in [-0.3, -0.25) is 4.79 Å². The molecule has 1 aliphatic rings. The van der Waals surface area contributed by atoms with Gasteiger partial charge in [0.1, 0.15) is 5.82 Å². The SMILES string of the molecule is COCCNC(=O)c1ccc(N2CCc3cc(F)c(F)cc3C2)nc1. The first kappa shape index (κ1) is 17.3. The van der Waals surface area contributed by atoms with Crippen LogP contribution in [-0.2, 0) is 17.7 Å². The Labute approximate surface area is 144 Å². The maximum Gasteiger partial charge on any atom is 0.252 e. The zero-order chi connectivity index (χ0) is 17.8. The van der Waals surface area contributed by atoms with Gasteiger partial charge in [0.2, 0.25) is 0 Å². The number of methoxy groups -OCH3 is 1. The van der Waals surface area contributed by atoms with E-state index in [4.69, 9.17) is 4.74 Å². The minimum atomic E-state index is -0.836. The minimum absolute atomic E-state index is 0.211. The largest absolute Gasteiger partial charge is 0.383 e. The van der Waals surface area contributed by atoms with Crippen LogP contribution in [0.25, 0.3) is 0 Å². The number of pyridine rings is 1. The molecule has 1 N–H and O–H groups in total. The smallest absolute Gasteiger partial charge is 0.252 e. The number of hydrogen-bond donors (Lipinski definition) is 1. The summed E-state index contributed by atoms with van der Waals surface area (Å²) in [5.74, 6) is -1.16. The average Bonchev–Trinajstić information content (AvgIpc) is 2.62. The van der Waals surface area contributed by atoms with Gasteiger partial charge in [-0.25, -0.2) is 13.8 Å². The highest BCUT2D eigenvalue weighted by atomic mass is 19.2. The standard InChI is InChI=1S/C18H19F2N3O2/c1-25-7-5-21-18(24)13-2-3-17(22-10-13)23-6-4-12-8-15(19)16(20)9-14(12)11-23/h2-3,8-10H,4-7,11H2,1H3,(H,21,24). The van der Waals surface area contributed by atoms with Crippen LogP contribution < -0.4 is 10.2 Å². The number of hydrogen-bond acceptors (Lipinski definition) is 4. The Kier molecular flexibility index (Phi) is 5.23. The molecule has 5 nitrogen and oxygen atoms in total. The van der Waals surface area contributed by atoms with E-state index >= 15 is 0 Å². The molecular weight excluding hydrogens is 328 g/mol. The van der Waals surface area contributed by atoms with Crippen molar-refractivity contribution >= 4 is 11.7 Å². The molecule has 1 aromatic heterocycles. The van der Waals surface area contributed by atoms with E-state index in [0.29, 0.717) is 44.0 Å². The van der Waals surface area contributed by atoms with E-state index in [-0.39, 0.29) is 5.91 Å². The molecule has 0 unspecified atom stereocenters. The molecular formula is C18H19F2N3O2. The normalized spacial score (nSPS) is 13.5. The van der Waals surface area contributed by atoms with Crippen molar-refractivity contribution in [1.29, 1.82) is 0 Å². The third-order valence-corrected chi connectivity index (χ3v) is 4.18. The van der Waals surface area contributed by atoms with Crippen molar-refractivity contribution in [3.63, 3.8) is 0 Å². The third kappa shape index (κ3) is 3.93. The van der Waals surface area contributed by atoms with E-state index in [1.165, 1.54) is 18.3 Å². The molecule has 0 bridgehead atoms. The summed E-state index contributed by atoms with van der Waals surface area (Å²) in [4.78, 5) is 18.3. The molecule has 0 radical (unpaired) electrons. The first-order valence-electron chi connectivity index (χ1n) is 8.03. The van der Waals surface area contributed by atoms with Crippen LogP contribution in [0, 0.1) is 11.6 Å². The number of nitrogens with one attached hydrogen (secondary N) is 1. The van der Waals surface area contributed by atoms with Crippen molar-refractivity contribution in [3.05, 3.63) is 58.8 Å². The minimum Gasteiger partial charge on any atom is -0.383 e. The number of fused-ring (bicyclic) bond motifs is 1. The first-order chi connectivity index (χ1) is 12.1. The van der Waals surface area contributed by atoms with Gasteiger partial charge in [-0.05, 0) is 41.8 Å². The monoisotopic (exact) mass is 347 g/mol. The quantitative estimate of drug-likeness (QED) is 0.844. The molecule has 2 heterocycles. The van der Waals surface area contributed by atoms with Crippen molar-refractivity contribution < 1.29 is 18.3 Å². The van der Waals surface area contributed by atoms with Crippen LogP contribution in [0.1, 0.15) is 21.5 Å². The van der Waals surface area contributed by atoms with Crippen LogP contribution in [0.3, 0.4) is 0 Å². The van der Waals surface area contributed by atoms with Gasteiger partial charge in [0, 0.05) is 32.9 Å². The summed E-state index contributed by atoms with van der Waals surface area (Å²) in [5.41, 5.74) is 2.04. The molecule has 3 rings (SSSR count). The zero-order valence-electron chi connectivity index (χ0n) is 13.9.